The van der Waals surface area contributed by atoms with Crippen LogP contribution in [0, 0.1) is 0 Å². The minimum atomic E-state index is -3.91. The van der Waals surface area contributed by atoms with E-state index in [1.165, 1.54) is 34.6 Å². The molecule has 3 rings (SSSR count). The van der Waals surface area contributed by atoms with Gasteiger partial charge in [0.1, 0.15) is 5.75 Å². The van der Waals surface area contributed by atoms with Gasteiger partial charge in [-0.25, -0.2) is 13.2 Å². The molecule has 0 radical (unpaired) electrons. The van der Waals surface area contributed by atoms with E-state index >= 15 is 0 Å². The maximum atomic E-state index is 13.4. The molecule has 0 heterocycles. The second-order valence-corrected chi connectivity index (χ2v) is 8.44. The van der Waals surface area contributed by atoms with Crippen molar-refractivity contribution in [3.8, 4) is 5.75 Å². The lowest BCUT2D eigenvalue weighted by atomic mass is 10.2. The number of hydrogen-bond donors (Lipinski definition) is 1. The molecule has 0 atom stereocenters. The zero-order valence-electron chi connectivity index (χ0n) is 15.2. The van der Waals surface area contributed by atoms with Crippen molar-refractivity contribution in [3.05, 3.63) is 89.4 Å². The Kier molecular flexibility index (Phi) is 6.41. The number of sulfonamides is 1. The fraction of sp³-hybridized carbons (Fsp3) is 0.0952. The van der Waals surface area contributed by atoms with Gasteiger partial charge >= 0.3 is 5.97 Å². The molecular weight excluding hydrogens is 414 g/mol. The van der Waals surface area contributed by atoms with Crippen molar-refractivity contribution >= 4 is 33.3 Å². The average Bonchev–Trinajstić information content (AvgIpc) is 2.71. The molecule has 0 saturated carbocycles. The number of carbonyl (C=O) groups is 1. The molecule has 0 amide bonds. The highest BCUT2D eigenvalue weighted by molar-refractivity contribution is 7.92. The summed E-state index contributed by atoms with van der Waals surface area (Å²) in [5.41, 5.74) is 1.05. The number of hydrogen-bond acceptors (Lipinski definition) is 4. The Bertz CT molecular complexity index is 1090. The van der Waals surface area contributed by atoms with Gasteiger partial charge < -0.3 is 9.84 Å². The van der Waals surface area contributed by atoms with Gasteiger partial charge in [-0.1, -0.05) is 60.1 Å². The number of ether oxygens (including phenoxy) is 1. The zero-order chi connectivity index (χ0) is 20.9. The van der Waals surface area contributed by atoms with Crippen LogP contribution in [0.4, 0.5) is 5.69 Å². The predicted octanol–water partition coefficient (Wildman–Crippen LogP) is 4.20. The van der Waals surface area contributed by atoms with Crippen molar-refractivity contribution in [1.82, 2.24) is 0 Å². The summed E-state index contributed by atoms with van der Waals surface area (Å²) < 4.78 is 33.2. The molecule has 29 heavy (non-hydrogen) atoms. The normalized spacial score (nSPS) is 11.1. The molecule has 150 valence electrons. The number of carboxylic acid groups (broad SMARTS) is 1. The van der Waals surface area contributed by atoms with Crippen molar-refractivity contribution in [2.24, 2.45) is 0 Å². The highest BCUT2D eigenvalue weighted by Gasteiger charge is 2.26. The fourth-order valence-electron chi connectivity index (χ4n) is 2.70. The molecule has 0 bridgehead atoms. The summed E-state index contributed by atoms with van der Waals surface area (Å²) in [7, 11) is -3.91. The molecule has 0 fully saturated rings. The minimum absolute atomic E-state index is 0.0663. The second kappa shape index (κ2) is 8.98. The molecule has 8 heteroatoms. The van der Waals surface area contributed by atoms with Crippen LogP contribution in [0.25, 0.3) is 0 Å². The van der Waals surface area contributed by atoms with Crippen LogP contribution in [0.5, 0.6) is 5.75 Å². The van der Waals surface area contributed by atoms with Gasteiger partial charge in [0.2, 0.25) is 0 Å². The highest BCUT2D eigenvalue weighted by Crippen LogP contribution is 2.32. The van der Waals surface area contributed by atoms with Gasteiger partial charge in [-0.3, -0.25) is 4.31 Å². The van der Waals surface area contributed by atoms with E-state index in [1.54, 1.807) is 18.2 Å². The first-order chi connectivity index (χ1) is 13.9. The quantitative estimate of drug-likeness (QED) is 0.577. The standard InChI is InChI=1S/C21H18ClNO5S/c22-17-11-18(13-19(12-17)28-15-21(24)25)23(14-16-7-3-1-4-8-16)29(26,27)20-9-5-2-6-10-20/h1-13H,14-15H2,(H,24,25). The molecule has 0 aliphatic rings. The van der Waals surface area contributed by atoms with Crippen LogP contribution in [0.2, 0.25) is 5.02 Å². The average molecular weight is 432 g/mol. The van der Waals surface area contributed by atoms with Gasteiger partial charge in [0.15, 0.2) is 6.61 Å². The third kappa shape index (κ3) is 5.28. The van der Waals surface area contributed by atoms with Gasteiger partial charge in [-0.15, -0.1) is 0 Å². The number of aliphatic carboxylic acids is 1. The number of anilines is 1. The fourth-order valence-corrected chi connectivity index (χ4v) is 4.38. The lowest BCUT2D eigenvalue weighted by Crippen LogP contribution is -2.30. The number of halogens is 1. The van der Waals surface area contributed by atoms with Crippen molar-refractivity contribution in [2.45, 2.75) is 11.4 Å². The topological polar surface area (TPSA) is 83.9 Å². The Morgan fingerprint density at radius 1 is 0.966 bits per heavy atom. The maximum absolute atomic E-state index is 13.4. The molecule has 0 aliphatic carbocycles. The Morgan fingerprint density at radius 3 is 2.21 bits per heavy atom. The first kappa shape index (κ1) is 20.7. The molecule has 0 aliphatic heterocycles. The first-order valence-electron chi connectivity index (χ1n) is 8.63. The number of rotatable bonds is 8. The van der Waals surface area contributed by atoms with Crippen LogP contribution in [0.3, 0.4) is 0 Å². The van der Waals surface area contributed by atoms with Crippen molar-refractivity contribution in [3.63, 3.8) is 0 Å². The minimum Gasteiger partial charge on any atom is -0.482 e. The summed E-state index contributed by atoms with van der Waals surface area (Å²) in [5.74, 6) is -0.985. The molecule has 3 aromatic carbocycles. The maximum Gasteiger partial charge on any atom is 0.341 e. The van der Waals surface area contributed by atoms with Gasteiger partial charge in [0.25, 0.3) is 10.0 Å². The summed E-state index contributed by atoms with van der Waals surface area (Å²) >= 11 is 6.16. The van der Waals surface area contributed by atoms with Crippen molar-refractivity contribution in [2.75, 3.05) is 10.9 Å². The SMILES string of the molecule is O=C(O)COc1cc(Cl)cc(N(Cc2ccccc2)S(=O)(=O)c2ccccc2)c1. The second-order valence-electron chi connectivity index (χ2n) is 6.14. The monoisotopic (exact) mass is 431 g/mol. The van der Waals surface area contributed by atoms with Gasteiger partial charge in [0, 0.05) is 11.1 Å². The third-order valence-corrected chi connectivity index (χ3v) is 6.01. The van der Waals surface area contributed by atoms with Crippen molar-refractivity contribution in [1.29, 1.82) is 0 Å². The van der Waals surface area contributed by atoms with Crippen LogP contribution in [0.1, 0.15) is 5.56 Å². The van der Waals surface area contributed by atoms with E-state index in [9.17, 15) is 13.2 Å². The van der Waals surface area contributed by atoms with Crippen LogP contribution in [0.15, 0.2) is 83.8 Å². The van der Waals surface area contributed by atoms with E-state index < -0.39 is 22.6 Å². The largest absolute Gasteiger partial charge is 0.482 e. The Labute approximate surface area is 174 Å². The van der Waals surface area contributed by atoms with Crippen LogP contribution in [-0.2, 0) is 21.4 Å². The summed E-state index contributed by atoms with van der Waals surface area (Å²) in [6.07, 6.45) is 0. The van der Waals surface area contributed by atoms with E-state index in [-0.39, 0.29) is 27.9 Å². The van der Waals surface area contributed by atoms with Crippen LogP contribution >= 0.6 is 11.6 Å². The highest BCUT2D eigenvalue weighted by atomic mass is 35.5. The lowest BCUT2D eigenvalue weighted by Gasteiger charge is -2.25. The molecule has 0 aromatic heterocycles. The van der Waals surface area contributed by atoms with E-state index in [2.05, 4.69) is 0 Å². The summed E-state index contributed by atoms with van der Waals surface area (Å²) in [6, 6.07) is 21.6. The zero-order valence-corrected chi connectivity index (χ0v) is 16.8. The molecule has 1 N–H and O–H groups in total. The van der Waals surface area contributed by atoms with Crippen molar-refractivity contribution < 1.29 is 23.1 Å². The van der Waals surface area contributed by atoms with E-state index in [4.69, 9.17) is 21.4 Å². The van der Waals surface area contributed by atoms with Crippen LogP contribution in [-0.4, -0.2) is 26.1 Å². The van der Waals surface area contributed by atoms with Crippen LogP contribution < -0.4 is 9.04 Å². The lowest BCUT2D eigenvalue weighted by molar-refractivity contribution is -0.139. The molecule has 0 spiro atoms. The number of benzene rings is 3. The van der Waals surface area contributed by atoms with E-state index in [0.29, 0.717) is 0 Å². The number of carboxylic acids is 1. The Hall–Kier alpha value is -3.03. The molecule has 6 nitrogen and oxygen atoms in total. The third-order valence-electron chi connectivity index (χ3n) is 4.01. The molecule has 0 unspecified atom stereocenters. The molecule has 3 aromatic rings. The molecular formula is C21H18ClNO5S. The predicted molar refractivity (Wildman–Crippen MR) is 111 cm³/mol. The van der Waals surface area contributed by atoms with Gasteiger partial charge in [0.05, 0.1) is 17.1 Å². The molecule has 0 saturated heterocycles. The summed E-state index contributed by atoms with van der Waals surface area (Å²) in [6.45, 7) is -0.499. The van der Waals surface area contributed by atoms with Gasteiger partial charge in [-0.2, -0.15) is 0 Å². The smallest absolute Gasteiger partial charge is 0.341 e. The Balaban J connectivity index is 2.07. The summed E-state index contributed by atoms with van der Waals surface area (Å²) in [4.78, 5) is 10.9. The Morgan fingerprint density at radius 2 is 1.59 bits per heavy atom. The number of nitrogens with zero attached hydrogens (tertiary/aromatic N) is 1. The van der Waals surface area contributed by atoms with E-state index in [1.807, 2.05) is 30.3 Å². The van der Waals surface area contributed by atoms with E-state index in [0.717, 1.165) is 5.56 Å². The summed E-state index contributed by atoms with van der Waals surface area (Å²) in [5, 5.41) is 9.06. The van der Waals surface area contributed by atoms with Gasteiger partial charge in [-0.05, 0) is 29.8 Å². The first-order valence-corrected chi connectivity index (χ1v) is 10.4.